The number of nitrogens with one attached hydrogen (secondary N) is 1. The van der Waals surface area contributed by atoms with Crippen molar-refractivity contribution in [1.82, 2.24) is 0 Å². The molecule has 0 bridgehead atoms. The van der Waals surface area contributed by atoms with Gasteiger partial charge in [-0.3, -0.25) is 0 Å². The molecule has 0 saturated heterocycles. The van der Waals surface area contributed by atoms with Gasteiger partial charge in [0.2, 0.25) is 0 Å². The Hall–Kier alpha value is -1.09. The largest absolute Gasteiger partial charge is 0.382 e. The first-order valence-electron chi connectivity index (χ1n) is 4.57. The van der Waals surface area contributed by atoms with Crippen LogP contribution < -0.4 is 11.1 Å². The normalized spacial score (nSPS) is 21.5. The van der Waals surface area contributed by atoms with E-state index >= 15 is 0 Å². The molecule has 1 unspecified atom stereocenters. The van der Waals surface area contributed by atoms with E-state index in [1.54, 1.807) is 6.07 Å². The fourth-order valence-corrected chi connectivity index (χ4v) is 1.73. The lowest BCUT2D eigenvalue weighted by molar-refractivity contribution is 0.621. The van der Waals surface area contributed by atoms with Gasteiger partial charge in [-0.05, 0) is 24.5 Å². The molecule has 13 heavy (non-hydrogen) atoms. The molecular formula is C10H13FN2. The van der Waals surface area contributed by atoms with Crippen LogP contribution in [0, 0.1) is 5.82 Å². The number of halogens is 1. The SMILES string of the molecule is NC1CCCNc2c(F)cccc21. The van der Waals surface area contributed by atoms with Crippen molar-refractivity contribution in [2.24, 2.45) is 5.73 Å². The Kier molecular flexibility index (Phi) is 2.19. The van der Waals surface area contributed by atoms with Crippen LogP contribution in [-0.4, -0.2) is 6.54 Å². The lowest BCUT2D eigenvalue weighted by Crippen LogP contribution is -2.09. The molecule has 1 aromatic carbocycles. The fraction of sp³-hybridized carbons (Fsp3) is 0.400. The highest BCUT2D eigenvalue weighted by Gasteiger charge is 2.16. The number of fused-ring (bicyclic) bond motifs is 1. The first-order valence-corrected chi connectivity index (χ1v) is 4.57. The van der Waals surface area contributed by atoms with Crippen LogP contribution in [0.5, 0.6) is 0 Å². The summed E-state index contributed by atoms with van der Waals surface area (Å²) >= 11 is 0. The van der Waals surface area contributed by atoms with Gasteiger partial charge in [-0.1, -0.05) is 12.1 Å². The van der Waals surface area contributed by atoms with Gasteiger partial charge < -0.3 is 11.1 Å². The van der Waals surface area contributed by atoms with E-state index in [2.05, 4.69) is 5.32 Å². The Morgan fingerprint density at radius 1 is 1.46 bits per heavy atom. The number of anilines is 1. The van der Waals surface area contributed by atoms with Gasteiger partial charge in [0, 0.05) is 12.6 Å². The molecule has 1 aliphatic heterocycles. The standard InChI is InChI=1S/C10H13FN2/c11-8-4-1-3-7-9(12)5-2-6-13-10(7)8/h1,3-4,9,13H,2,5-6,12H2. The van der Waals surface area contributed by atoms with E-state index in [9.17, 15) is 4.39 Å². The second kappa shape index (κ2) is 3.34. The van der Waals surface area contributed by atoms with Gasteiger partial charge in [-0.15, -0.1) is 0 Å². The number of benzene rings is 1. The monoisotopic (exact) mass is 180 g/mol. The molecule has 0 aliphatic carbocycles. The average Bonchev–Trinajstić information content (AvgIpc) is 2.30. The van der Waals surface area contributed by atoms with E-state index in [1.165, 1.54) is 6.07 Å². The zero-order chi connectivity index (χ0) is 9.26. The molecule has 2 rings (SSSR count). The van der Waals surface area contributed by atoms with Crippen LogP contribution in [0.1, 0.15) is 24.4 Å². The number of hydrogen-bond donors (Lipinski definition) is 2. The number of hydrogen-bond acceptors (Lipinski definition) is 2. The second-order valence-electron chi connectivity index (χ2n) is 3.38. The summed E-state index contributed by atoms with van der Waals surface area (Å²) in [7, 11) is 0. The summed E-state index contributed by atoms with van der Waals surface area (Å²) in [4.78, 5) is 0. The van der Waals surface area contributed by atoms with Crippen LogP contribution in [-0.2, 0) is 0 Å². The summed E-state index contributed by atoms with van der Waals surface area (Å²) in [5.41, 5.74) is 7.40. The summed E-state index contributed by atoms with van der Waals surface area (Å²) in [6.07, 6.45) is 1.92. The Balaban J connectivity index is 2.47. The molecule has 2 nitrogen and oxygen atoms in total. The van der Waals surface area contributed by atoms with Crippen molar-refractivity contribution in [2.45, 2.75) is 18.9 Å². The van der Waals surface area contributed by atoms with Crippen molar-refractivity contribution in [3.63, 3.8) is 0 Å². The number of nitrogens with two attached hydrogens (primary N) is 1. The molecule has 0 radical (unpaired) electrons. The van der Waals surface area contributed by atoms with Crippen molar-refractivity contribution in [3.8, 4) is 0 Å². The topological polar surface area (TPSA) is 38.0 Å². The first kappa shape index (κ1) is 8.51. The fourth-order valence-electron chi connectivity index (χ4n) is 1.73. The molecular weight excluding hydrogens is 167 g/mol. The second-order valence-corrected chi connectivity index (χ2v) is 3.38. The lowest BCUT2D eigenvalue weighted by Gasteiger charge is -2.12. The van der Waals surface area contributed by atoms with Crippen LogP contribution >= 0.6 is 0 Å². The van der Waals surface area contributed by atoms with E-state index in [-0.39, 0.29) is 11.9 Å². The highest BCUT2D eigenvalue weighted by atomic mass is 19.1. The summed E-state index contributed by atoms with van der Waals surface area (Å²) in [5.74, 6) is -0.199. The minimum absolute atomic E-state index is 0.0271. The zero-order valence-corrected chi connectivity index (χ0v) is 7.39. The maximum atomic E-state index is 13.3. The maximum absolute atomic E-state index is 13.3. The van der Waals surface area contributed by atoms with Crippen molar-refractivity contribution >= 4 is 5.69 Å². The minimum atomic E-state index is -0.199. The van der Waals surface area contributed by atoms with Crippen LogP contribution in [0.15, 0.2) is 18.2 Å². The van der Waals surface area contributed by atoms with Gasteiger partial charge >= 0.3 is 0 Å². The van der Waals surface area contributed by atoms with Gasteiger partial charge in [-0.2, -0.15) is 0 Å². The molecule has 1 aromatic rings. The van der Waals surface area contributed by atoms with Crippen molar-refractivity contribution < 1.29 is 4.39 Å². The predicted octanol–water partition coefficient (Wildman–Crippen LogP) is 2.03. The number of rotatable bonds is 0. The summed E-state index contributed by atoms with van der Waals surface area (Å²) in [5, 5.41) is 3.07. The van der Waals surface area contributed by atoms with Gasteiger partial charge in [0.15, 0.2) is 0 Å². The molecule has 1 aliphatic rings. The van der Waals surface area contributed by atoms with Crippen molar-refractivity contribution in [1.29, 1.82) is 0 Å². The van der Waals surface area contributed by atoms with Gasteiger partial charge in [0.05, 0.1) is 5.69 Å². The Morgan fingerprint density at radius 3 is 3.15 bits per heavy atom. The van der Waals surface area contributed by atoms with E-state index in [1.807, 2.05) is 6.07 Å². The van der Waals surface area contributed by atoms with E-state index in [0.29, 0.717) is 5.69 Å². The molecule has 3 heteroatoms. The smallest absolute Gasteiger partial charge is 0.146 e. The minimum Gasteiger partial charge on any atom is -0.382 e. The molecule has 0 saturated carbocycles. The van der Waals surface area contributed by atoms with Gasteiger partial charge in [0.25, 0.3) is 0 Å². The van der Waals surface area contributed by atoms with Gasteiger partial charge in [0.1, 0.15) is 5.82 Å². The molecule has 70 valence electrons. The third-order valence-corrected chi connectivity index (χ3v) is 2.44. The summed E-state index contributed by atoms with van der Waals surface area (Å²) in [6, 6.07) is 5.03. The van der Waals surface area contributed by atoms with Crippen LogP contribution in [0.25, 0.3) is 0 Å². The summed E-state index contributed by atoms with van der Waals surface area (Å²) < 4.78 is 13.3. The van der Waals surface area contributed by atoms with Crippen molar-refractivity contribution in [3.05, 3.63) is 29.6 Å². The highest BCUT2D eigenvalue weighted by molar-refractivity contribution is 5.54. The summed E-state index contributed by atoms with van der Waals surface area (Å²) in [6.45, 7) is 0.807. The van der Waals surface area contributed by atoms with Gasteiger partial charge in [-0.25, -0.2) is 4.39 Å². The van der Waals surface area contributed by atoms with Crippen LogP contribution in [0.3, 0.4) is 0 Å². The third-order valence-electron chi connectivity index (χ3n) is 2.44. The van der Waals surface area contributed by atoms with E-state index in [0.717, 1.165) is 24.9 Å². The zero-order valence-electron chi connectivity index (χ0n) is 7.39. The van der Waals surface area contributed by atoms with Crippen LogP contribution in [0.4, 0.5) is 10.1 Å². The maximum Gasteiger partial charge on any atom is 0.146 e. The Labute approximate surface area is 76.9 Å². The third kappa shape index (κ3) is 1.52. The first-order chi connectivity index (χ1) is 6.29. The Morgan fingerprint density at radius 2 is 2.31 bits per heavy atom. The molecule has 0 fully saturated rings. The molecule has 0 spiro atoms. The predicted molar refractivity (Wildman–Crippen MR) is 51.1 cm³/mol. The number of para-hydroxylation sites is 1. The quantitative estimate of drug-likeness (QED) is 0.641. The van der Waals surface area contributed by atoms with E-state index in [4.69, 9.17) is 5.73 Å². The van der Waals surface area contributed by atoms with Crippen molar-refractivity contribution in [2.75, 3.05) is 11.9 Å². The average molecular weight is 180 g/mol. The van der Waals surface area contributed by atoms with E-state index < -0.39 is 0 Å². The highest BCUT2D eigenvalue weighted by Crippen LogP contribution is 2.29. The van der Waals surface area contributed by atoms with Crippen LogP contribution in [0.2, 0.25) is 0 Å². The Bertz CT molecular complexity index is 312. The lowest BCUT2D eigenvalue weighted by atomic mass is 10.0. The molecule has 1 atom stereocenters. The molecule has 3 N–H and O–H groups in total. The molecule has 0 aromatic heterocycles. The molecule has 1 heterocycles. The molecule has 0 amide bonds.